The standard InChI is InChI=1S/C21H13N3/c22-14-16-11-17(15-23)13-20(12-16)24-21(18-7-3-1-4-8-18)19-9-5-2-6-10-19/h1-13H. The predicted octanol–water partition coefficient (Wildman–Crippen LogP) is 4.60. The third-order valence-corrected chi connectivity index (χ3v) is 3.51. The molecule has 0 saturated heterocycles. The smallest absolute Gasteiger partial charge is 0.0992 e. The van der Waals surface area contributed by atoms with Crippen LogP contribution in [0.15, 0.2) is 83.9 Å². The molecule has 0 amide bonds. The minimum absolute atomic E-state index is 0.424. The van der Waals surface area contributed by atoms with Gasteiger partial charge in [-0.15, -0.1) is 0 Å². The first-order chi connectivity index (χ1) is 11.8. The SMILES string of the molecule is N#Cc1cc(C#N)cc(N=C(c2ccccc2)c2ccccc2)c1. The van der Waals surface area contributed by atoms with Crippen molar-refractivity contribution in [2.75, 3.05) is 0 Å². The number of hydrogen-bond acceptors (Lipinski definition) is 3. The van der Waals surface area contributed by atoms with Crippen molar-refractivity contribution in [3.8, 4) is 12.1 Å². The highest BCUT2D eigenvalue weighted by molar-refractivity contribution is 6.13. The number of nitrogens with zero attached hydrogens (tertiary/aromatic N) is 3. The van der Waals surface area contributed by atoms with E-state index in [-0.39, 0.29) is 0 Å². The van der Waals surface area contributed by atoms with Gasteiger partial charge in [-0.25, -0.2) is 4.99 Å². The molecule has 3 rings (SSSR count). The molecule has 0 aromatic heterocycles. The molecule has 0 fully saturated rings. The zero-order valence-electron chi connectivity index (χ0n) is 12.8. The van der Waals surface area contributed by atoms with E-state index < -0.39 is 0 Å². The van der Waals surface area contributed by atoms with Gasteiger partial charge >= 0.3 is 0 Å². The summed E-state index contributed by atoms with van der Waals surface area (Å²) >= 11 is 0. The summed E-state index contributed by atoms with van der Waals surface area (Å²) in [5.74, 6) is 0. The summed E-state index contributed by atoms with van der Waals surface area (Å²) in [5, 5.41) is 18.3. The zero-order valence-corrected chi connectivity index (χ0v) is 12.8. The Morgan fingerprint density at radius 1 is 0.667 bits per heavy atom. The van der Waals surface area contributed by atoms with E-state index in [0.29, 0.717) is 16.8 Å². The van der Waals surface area contributed by atoms with E-state index in [1.165, 1.54) is 0 Å². The average Bonchev–Trinajstić information content (AvgIpc) is 2.67. The lowest BCUT2D eigenvalue weighted by molar-refractivity contribution is 1.41. The molecule has 3 heteroatoms. The van der Waals surface area contributed by atoms with Crippen LogP contribution in [0.5, 0.6) is 0 Å². The maximum absolute atomic E-state index is 9.14. The summed E-state index contributed by atoms with van der Waals surface area (Å²) in [6.07, 6.45) is 0. The van der Waals surface area contributed by atoms with Crippen LogP contribution in [-0.2, 0) is 0 Å². The molecule has 0 N–H and O–H groups in total. The Balaban J connectivity index is 2.19. The fraction of sp³-hybridized carbons (Fsp3) is 0. The van der Waals surface area contributed by atoms with E-state index in [9.17, 15) is 0 Å². The topological polar surface area (TPSA) is 59.9 Å². The van der Waals surface area contributed by atoms with Crippen molar-refractivity contribution in [1.29, 1.82) is 10.5 Å². The second-order valence-electron chi connectivity index (χ2n) is 5.18. The normalized spacial score (nSPS) is 9.58. The van der Waals surface area contributed by atoms with Gasteiger partial charge in [0.2, 0.25) is 0 Å². The second-order valence-corrected chi connectivity index (χ2v) is 5.18. The lowest BCUT2D eigenvalue weighted by Gasteiger charge is -2.08. The average molecular weight is 307 g/mol. The van der Waals surface area contributed by atoms with Crippen molar-refractivity contribution in [3.63, 3.8) is 0 Å². The molecule has 3 nitrogen and oxygen atoms in total. The van der Waals surface area contributed by atoms with Gasteiger partial charge in [-0.05, 0) is 18.2 Å². The summed E-state index contributed by atoms with van der Waals surface area (Å²) in [6, 6.07) is 28.8. The molecule has 3 aromatic rings. The summed E-state index contributed by atoms with van der Waals surface area (Å²) in [7, 11) is 0. The van der Waals surface area contributed by atoms with E-state index in [4.69, 9.17) is 15.5 Å². The van der Waals surface area contributed by atoms with Crippen molar-refractivity contribution >= 4 is 11.4 Å². The first kappa shape index (κ1) is 15.2. The highest BCUT2D eigenvalue weighted by Crippen LogP contribution is 2.21. The molecule has 0 aliphatic carbocycles. The van der Waals surface area contributed by atoms with Crippen LogP contribution < -0.4 is 0 Å². The summed E-state index contributed by atoms with van der Waals surface area (Å²) in [4.78, 5) is 4.73. The first-order valence-electron chi connectivity index (χ1n) is 7.45. The molecular formula is C21H13N3. The minimum Gasteiger partial charge on any atom is -0.248 e. The van der Waals surface area contributed by atoms with Gasteiger partial charge in [0.25, 0.3) is 0 Å². The van der Waals surface area contributed by atoms with Gasteiger partial charge in [0.05, 0.1) is 34.7 Å². The molecule has 24 heavy (non-hydrogen) atoms. The maximum atomic E-state index is 9.14. The van der Waals surface area contributed by atoms with Gasteiger partial charge < -0.3 is 0 Å². The quantitative estimate of drug-likeness (QED) is 0.664. The number of benzene rings is 3. The minimum atomic E-state index is 0.424. The molecule has 112 valence electrons. The zero-order chi connectivity index (χ0) is 16.8. The molecule has 0 radical (unpaired) electrons. The third kappa shape index (κ3) is 3.38. The van der Waals surface area contributed by atoms with E-state index >= 15 is 0 Å². The largest absolute Gasteiger partial charge is 0.248 e. The molecular weight excluding hydrogens is 294 g/mol. The van der Waals surface area contributed by atoms with Crippen molar-refractivity contribution in [1.82, 2.24) is 0 Å². The highest BCUT2D eigenvalue weighted by atomic mass is 14.7. The fourth-order valence-electron chi connectivity index (χ4n) is 2.42. The van der Waals surface area contributed by atoms with Crippen LogP contribution in [0.4, 0.5) is 5.69 Å². The Labute approximate surface area is 140 Å². The van der Waals surface area contributed by atoms with Crippen LogP contribution in [-0.4, -0.2) is 5.71 Å². The van der Waals surface area contributed by atoms with Crippen molar-refractivity contribution in [2.24, 2.45) is 4.99 Å². The summed E-state index contributed by atoms with van der Waals surface area (Å²) < 4.78 is 0. The fourth-order valence-corrected chi connectivity index (χ4v) is 2.42. The molecule has 0 aliphatic heterocycles. The maximum Gasteiger partial charge on any atom is 0.0992 e. The molecule has 0 atom stereocenters. The van der Waals surface area contributed by atoms with E-state index in [2.05, 4.69) is 12.1 Å². The van der Waals surface area contributed by atoms with Crippen molar-refractivity contribution < 1.29 is 0 Å². The van der Waals surface area contributed by atoms with E-state index in [0.717, 1.165) is 16.8 Å². The Morgan fingerprint density at radius 2 is 1.12 bits per heavy atom. The van der Waals surface area contributed by atoms with Gasteiger partial charge in [0.15, 0.2) is 0 Å². The lowest BCUT2D eigenvalue weighted by Crippen LogP contribution is -2.02. The molecule has 3 aromatic carbocycles. The number of nitriles is 2. The predicted molar refractivity (Wildman–Crippen MR) is 94.1 cm³/mol. The number of rotatable bonds is 3. The highest BCUT2D eigenvalue weighted by Gasteiger charge is 2.08. The Morgan fingerprint density at radius 3 is 1.54 bits per heavy atom. The van der Waals surface area contributed by atoms with Gasteiger partial charge in [-0.1, -0.05) is 60.7 Å². The molecule has 0 bridgehead atoms. The molecule has 0 saturated carbocycles. The summed E-state index contributed by atoms with van der Waals surface area (Å²) in [6.45, 7) is 0. The first-order valence-corrected chi connectivity index (χ1v) is 7.45. The number of hydrogen-bond donors (Lipinski definition) is 0. The number of aliphatic imine (C=N–C) groups is 1. The lowest BCUT2D eigenvalue weighted by atomic mass is 10.0. The molecule has 0 spiro atoms. The Kier molecular flexibility index (Phi) is 4.47. The third-order valence-electron chi connectivity index (χ3n) is 3.51. The van der Waals surface area contributed by atoms with Crippen LogP contribution in [0.25, 0.3) is 0 Å². The Bertz CT molecular complexity index is 886. The molecule has 0 aliphatic rings. The van der Waals surface area contributed by atoms with Crippen LogP contribution in [0, 0.1) is 22.7 Å². The summed E-state index contributed by atoms with van der Waals surface area (Å²) in [5.41, 5.74) is 4.19. The van der Waals surface area contributed by atoms with Gasteiger partial charge in [0, 0.05) is 11.1 Å². The second kappa shape index (κ2) is 7.05. The van der Waals surface area contributed by atoms with Crippen molar-refractivity contribution in [2.45, 2.75) is 0 Å². The Hall–Kier alpha value is -3.69. The molecule has 0 unspecified atom stereocenters. The van der Waals surface area contributed by atoms with E-state index in [1.54, 1.807) is 18.2 Å². The van der Waals surface area contributed by atoms with Crippen LogP contribution in [0.2, 0.25) is 0 Å². The van der Waals surface area contributed by atoms with Crippen LogP contribution in [0.3, 0.4) is 0 Å². The van der Waals surface area contributed by atoms with Crippen LogP contribution >= 0.6 is 0 Å². The van der Waals surface area contributed by atoms with Crippen molar-refractivity contribution in [3.05, 3.63) is 101 Å². The van der Waals surface area contributed by atoms with Gasteiger partial charge in [-0.3, -0.25) is 0 Å². The van der Waals surface area contributed by atoms with Crippen LogP contribution in [0.1, 0.15) is 22.3 Å². The molecule has 0 heterocycles. The van der Waals surface area contributed by atoms with Gasteiger partial charge in [-0.2, -0.15) is 10.5 Å². The van der Waals surface area contributed by atoms with E-state index in [1.807, 2.05) is 60.7 Å². The van der Waals surface area contributed by atoms with Gasteiger partial charge in [0.1, 0.15) is 0 Å². The monoisotopic (exact) mass is 307 g/mol.